The summed E-state index contributed by atoms with van der Waals surface area (Å²) < 4.78 is 15.5. The number of fused-ring (bicyclic) bond motifs is 11. The minimum atomic E-state index is -1.16. The van der Waals surface area contributed by atoms with E-state index in [0.29, 0.717) is 48.4 Å². The fourth-order valence-corrected chi connectivity index (χ4v) is 8.35. The van der Waals surface area contributed by atoms with Crippen molar-refractivity contribution >= 4 is 68.7 Å². The number of rotatable bonds is 12. The molecule has 3 aromatic heterocycles. The second-order valence-corrected chi connectivity index (χ2v) is 15.7. The van der Waals surface area contributed by atoms with Crippen LogP contribution in [0.15, 0.2) is 48.6 Å². The van der Waals surface area contributed by atoms with Crippen LogP contribution in [0.2, 0.25) is 0 Å². The normalized spacial score (nSPS) is 17.2. The molecule has 2 N–H and O–H groups in total. The molecule has 1 aliphatic carbocycles. The number of allylic oxidation sites excluding steroid dienone is 5. The molecule has 3 aliphatic rings. The maximum absolute atomic E-state index is 13.8. The first-order valence-corrected chi connectivity index (χ1v) is 19.7. The van der Waals surface area contributed by atoms with Crippen molar-refractivity contribution < 1.29 is 33.4 Å². The van der Waals surface area contributed by atoms with E-state index in [-0.39, 0.29) is 23.9 Å². The van der Waals surface area contributed by atoms with E-state index in [2.05, 4.69) is 16.5 Å². The highest BCUT2D eigenvalue weighted by Crippen LogP contribution is 2.52. The van der Waals surface area contributed by atoms with Crippen LogP contribution in [0.4, 0.5) is 0 Å². The van der Waals surface area contributed by atoms with Crippen LogP contribution in [0.3, 0.4) is 0 Å². The maximum Gasteiger partial charge on any atom is 0.334 e. The van der Waals surface area contributed by atoms with Gasteiger partial charge in [0.2, 0.25) is 5.91 Å². The summed E-state index contributed by atoms with van der Waals surface area (Å²) in [5.74, 6) is -2.64. The molecule has 8 bridgehead atoms. The first-order valence-electron chi connectivity index (χ1n) is 19.7. The summed E-state index contributed by atoms with van der Waals surface area (Å²) in [5, 5.41) is 0. The predicted octanol–water partition coefficient (Wildman–Crippen LogP) is 6.65. The van der Waals surface area contributed by atoms with Gasteiger partial charge in [0.05, 0.1) is 55.1 Å². The van der Waals surface area contributed by atoms with Gasteiger partial charge in [0, 0.05) is 60.6 Å². The largest absolute Gasteiger partial charge is 0.469 e. The number of hydrogen-bond donors (Lipinski definition) is 2. The Morgan fingerprint density at radius 3 is 2.14 bits per heavy atom. The van der Waals surface area contributed by atoms with E-state index in [0.717, 1.165) is 67.8 Å². The summed E-state index contributed by atoms with van der Waals surface area (Å²) >= 11 is 0. The number of esters is 3. The molecule has 5 heterocycles. The number of nitrogens with one attached hydrogen (secondary N) is 2. The highest BCUT2D eigenvalue weighted by atomic mass is 16.5. The average Bonchev–Trinajstić information content (AvgIpc) is 3.87. The van der Waals surface area contributed by atoms with Crippen LogP contribution in [-0.4, -0.2) is 109 Å². The first kappa shape index (κ1) is 42.5. The van der Waals surface area contributed by atoms with Crippen molar-refractivity contribution in [1.29, 1.82) is 0 Å². The van der Waals surface area contributed by atoms with E-state index in [4.69, 9.17) is 24.2 Å². The number of aryl methyl sites for hydroxylation is 3. The summed E-state index contributed by atoms with van der Waals surface area (Å²) in [7, 11) is 9.74. The third kappa shape index (κ3) is 7.91. The number of H-pyrrole nitrogens is 2. The molecule has 2 aliphatic heterocycles. The molecule has 59 heavy (non-hydrogen) atoms. The van der Waals surface area contributed by atoms with Crippen LogP contribution in [0.25, 0.3) is 44.9 Å². The van der Waals surface area contributed by atoms with Crippen molar-refractivity contribution in [3.8, 4) is 0 Å². The predicted molar refractivity (Wildman–Crippen MR) is 230 cm³/mol. The summed E-state index contributed by atoms with van der Waals surface area (Å²) in [4.78, 5) is 74.3. The number of hydrogen-bond acceptors (Lipinski definition) is 10. The van der Waals surface area contributed by atoms with E-state index >= 15 is 0 Å². The van der Waals surface area contributed by atoms with Crippen LogP contribution in [0.5, 0.6) is 0 Å². The van der Waals surface area contributed by atoms with Gasteiger partial charge in [0.25, 0.3) is 0 Å². The van der Waals surface area contributed by atoms with Crippen molar-refractivity contribution in [3.05, 3.63) is 93.6 Å². The van der Waals surface area contributed by atoms with Crippen LogP contribution < -0.4 is 0 Å². The molecule has 13 heteroatoms. The Kier molecular flexibility index (Phi) is 12.3. The van der Waals surface area contributed by atoms with Crippen LogP contribution in [-0.2, 0) is 45.2 Å². The van der Waals surface area contributed by atoms with E-state index in [9.17, 15) is 19.2 Å². The lowest BCUT2D eigenvalue weighted by atomic mass is 9.64. The summed E-state index contributed by atoms with van der Waals surface area (Å²) in [6, 6.07) is 7.83. The number of ether oxygens (including phenoxy) is 3. The number of nitrogens with zero attached hydrogens (tertiary/aromatic N) is 4. The van der Waals surface area contributed by atoms with E-state index in [1.54, 1.807) is 17.1 Å². The molecule has 0 spiro atoms. The highest BCUT2D eigenvalue weighted by molar-refractivity contribution is 6.02. The second kappa shape index (κ2) is 17.0. The zero-order valence-electron chi connectivity index (χ0n) is 35.7. The van der Waals surface area contributed by atoms with Gasteiger partial charge < -0.3 is 34.0 Å². The van der Waals surface area contributed by atoms with Gasteiger partial charge in [0.15, 0.2) is 0 Å². The van der Waals surface area contributed by atoms with Gasteiger partial charge in [-0.05, 0) is 112 Å². The van der Waals surface area contributed by atoms with Crippen molar-refractivity contribution in [3.63, 3.8) is 0 Å². The zero-order chi connectivity index (χ0) is 42.9. The molecule has 1 amide bonds. The van der Waals surface area contributed by atoms with Gasteiger partial charge >= 0.3 is 17.9 Å². The molecule has 0 saturated heterocycles. The summed E-state index contributed by atoms with van der Waals surface area (Å²) in [6.07, 6.45) is 6.50. The van der Waals surface area contributed by atoms with Crippen LogP contribution >= 0.6 is 0 Å². The van der Waals surface area contributed by atoms with Gasteiger partial charge in [-0.3, -0.25) is 19.4 Å². The van der Waals surface area contributed by atoms with Gasteiger partial charge in [-0.15, -0.1) is 0 Å². The summed E-state index contributed by atoms with van der Waals surface area (Å²) in [6.45, 7) is 13.4. The molecule has 310 valence electrons. The van der Waals surface area contributed by atoms with Crippen LogP contribution in [0.1, 0.15) is 78.1 Å². The van der Waals surface area contributed by atoms with E-state index in [1.165, 1.54) is 21.3 Å². The second-order valence-electron chi connectivity index (χ2n) is 15.7. The van der Waals surface area contributed by atoms with Crippen LogP contribution in [0, 0.1) is 19.8 Å². The number of methoxy groups -OCH3 is 3. The van der Waals surface area contributed by atoms with E-state index in [1.807, 2.05) is 84.1 Å². The molecule has 0 saturated carbocycles. The molecule has 0 fully saturated rings. The third-order valence-electron chi connectivity index (χ3n) is 12.0. The Bertz CT molecular complexity index is 2520. The number of aromatic amines is 2. The number of likely N-dealkylation sites (N-methyl/N-ethyl adjacent to an activating group) is 2. The standard InChI is InChI=1S/C46H54N6O7/c1-12-28-25(2)34-22-39-32-16-13-31(44(55)58-10)43(45(56)59-11)46(32,5)40(50-39)24-35-27(4)30(15-18-42(54)57-9)38(49-35)23-37-29(26(3)33(48-37)21-36(28)47-34)14-17-41(53)52(8)20-19-51(6)7/h12-13,16,21-24,43,47,49H,1,14-15,17-20H2,2-11H3/t43-,46+/m0/s1. The molecule has 0 aromatic carbocycles. The van der Waals surface area contributed by atoms with Crippen molar-refractivity contribution in [2.24, 2.45) is 5.92 Å². The van der Waals surface area contributed by atoms with E-state index < -0.39 is 23.3 Å². The fourth-order valence-electron chi connectivity index (χ4n) is 8.35. The Morgan fingerprint density at radius 1 is 0.797 bits per heavy atom. The van der Waals surface area contributed by atoms with Crippen molar-refractivity contribution in [2.75, 3.05) is 55.6 Å². The lowest BCUT2D eigenvalue weighted by molar-refractivity contribution is -0.149. The summed E-state index contributed by atoms with van der Waals surface area (Å²) in [5.41, 5.74) is 10.7. The molecule has 2 atom stereocenters. The lowest BCUT2D eigenvalue weighted by Gasteiger charge is -2.36. The number of amides is 1. The molecule has 6 rings (SSSR count). The number of aromatic nitrogens is 4. The Morgan fingerprint density at radius 2 is 1.47 bits per heavy atom. The highest BCUT2D eigenvalue weighted by Gasteiger charge is 2.53. The SMILES string of the molecule is C=Cc1c(C)c2cc3nc(cc4[nH]c(cc5nc(cc1[nH]2)C(C)=C5CCC(=O)N(C)CCN(C)C)c(CCC(=O)OC)c4C)[C@@]1(C)C3=CC=C(C(=O)OC)[C@H]1C(=O)OC. The number of carbonyl (C=O) groups excluding carboxylic acids is 4. The minimum Gasteiger partial charge on any atom is -0.469 e. The topological polar surface area (TPSA) is 160 Å². The van der Waals surface area contributed by atoms with Crippen molar-refractivity contribution in [2.45, 2.75) is 58.8 Å². The minimum absolute atomic E-state index is 0.0382. The Labute approximate surface area is 344 Å². The molecule has 0 unspecified atom stereocenters. The van der Waals surface area contributed by atoms with Gasteiger partial charge in [-0.1, -0.05) is 24.8 Å². The Hall–Kier alpha value is -6.08. The van der Waals surface area contributed by atoms with Gasteiger partial charge in [-0.2, -0.15) is 0 Å². The fraction of sp³-hybridized carbons (Fsp3) is 0.391. The number of carbonyl (C=O) groups is 4. The lowest BCUT2D eigenvalue weighted by Crippen LogP contribution is -2.42. The molecular formula is C46H54N6O7. The quantitative estimate of drug-likeness (QED) is 0.150. The smallest absolute Gasteiger partial charge is 0.334 e. The molecular weight excluding hydrogens is 749 g/mol. The van der Waals surface area contributed by atoms with Gasteiger partial charge in [-0.25, -0.2) is 9.78 Å². The average molecular weight is 803 g/mol. The zero-order valence-corrected chi connectivity index (χ0v) is 35.7. The molecule has 3 aromatic rings. The van der Waals surface area contributed by atoms with Gasteiger partial charge in [0.1, 0.15) is 5.92 Å². The molecule has 13 nitrogen and oxygen atoms in total. The monoisotopic (exact) mass is 802 g/mol. The molecule has 0 radical (unpaired) electrons. The maximum atomic E-state index is 13.8. The Balaban J connectivity index is 1.68. The first-order chi connectivity index (χ1) is 28.1. The third-order valence-corrected chi connectivity index (χ3v) is 12.0. The van der Waals surface area contributed by atoms with Crippen molar-refractivity contribution in [1.82, 2.24) is 29.7 Å².